The molecule has 0 aromatic heterocycles. The Bertz CT molecular complexity index is 2670. The van der Waals surface area contributed by atoms with Crippen LogP contribution in [0.2, 0.25) is 0 Å². The zero-order valence-corrected chi connectivity index (χ0v) is 39.3. The highest BCUT2D eigenvalue weighted by molar-refractivity contribution is 5.94. The van der Waals surface area contributed by atoms with Crippen LogP contribution in [0.5, 0.6) is 0 Å². The largest absolute Gasteiger partial charge is 0.0990 e. The molecule has 0 amide bonds. The van der Waals surface area contributed by atoms with Crippen LogP contribution < -0.4 is 0 Å². The average Bonchev–Trinajstić information content (AvgIpc) is 4.09. The van der Waals surface area contributed by atoms with Crippen LogP contribution >= 0.6 is 0 Å². The van der Waals surface area contributed by atoms with Gasteiger partial charge in [-0.25, -0.2) is 0 Å². The highest BCUT2D eigenvalue weighted by Gasteiger charge is 2.40. The summed E-state index contributed by atoms with van der Waals surface area (Å²) < 4.78 is 0. The summed E-state index contributed by atoms with van der Waals surface area (Å²) >= 11 is 0. The number of rotatable bonds is 6. The van der Waals surface area contributed by atoms with Crippen LogP contribution in [-0.2, 0) is 5.41 Å². The van der Waals surface area contributed by atoms with Crippen LogP contribution in [-0.4, -0.2) is 0 Å². The molecule has 0 bridgehead atoms. The van der Waals surface area contributed by atoms with Crippen LogP contribution in [0.15, 0.2) is 163 Å². The Labute approximate surface area is 374 Å². The van der Waals surface area contributed by atoms with E-state index in [2.05, 4.69) is 191 Å². The van der Waals surface area contributed by atoms with Gasteiger partial charge in [-0.3, -0.25) is 0 Å². The minimum absolute atomic E-state index is 0.0441. The van der Waals surface area contributed by atoms with E-state index in [-0.39, 0.29) is 5.41 Å². The summed E-state index contributed by atoms with van der Waals surface area (Å²) in [4.78, 5) is 0. The topological polar surface area (TPSA) is 0 Å². The summed E-state index contributed by atoms with van der Waals surface area (Å²) in [6, 6.07) is 35.1. The second kappa shape index (κ2) is 19.1. The van der Waals surface area contributed by atoms with Crippen molar-refractivity contribution in [1.82, 2.24) is 0 Å². The number of aryl methyl sites for hydroxylation is 4. The van der Waals surface area contributed by atoms with Crippen LogP contribution in [0, 0.1) is 47.5 Å². The zero-order chi connectivity index (χ0) is 44.1. The quantitative estimate of drug-likeness (QED) is 0.160. The molecule has 0 spiro atoms. The molecule has 0 aliphatic heterocycles. The van der Waals surface area contributed by atoms with Crippen LogP contribution in [0.4, 0.5) is 0 Å². The fourth-order valence-electron chi connectivity index (χ4n) is 10.1. The van der Waals surface area contributed by atoms with E-state index in [1.165, 1.54) is 131 Å². The minimum Gasteiger partial charge on any atom is -0.0990 e. The predicted octanol–water partition coefficient (Wildman–Crippen LogP) is 17.7. The van der Waals surface area contributed by atoms with Gasteiger partial charge in [0, 0.05) is 5.41 Å². The van der Waals surface area contributed by atoms with Crippen molar-refractivity contribution in [3.8, 4) is 22.3 Å². The molecule has 62 heavy (non-hydrogen) atoms. The second-order valence-corrected chi connectivity index (χ2v) is 18.6. The highest BCUT2D eigenvalue weighted by Crippen LogP contribution is 2.53. The Kier molecular flexibility index (Phi) is 13.7. The van der Waals surface area contributed by atoms with Crippen LogP contribution in [0.1, 0.15) is 122 Å². The van der Waals surface area contributed by atoms with Crippen molar-refractivity contribution in [1.29, 1.82) is 0 Å². The zero-order valence-electron chi connectivity index (χ0n) is 39.3. The molecule has 0 nitrogen and oxygen atoms in total. The normalized spacial score (nSPS) is 17.7. The first kappa shape index (κ1) is 44.3. The monoisotopic (exact) mass is 813 g/mol. The first-order chi connectivity index (χ1) is 29.8. The lowest BCUT2D eigenvalue weighted by Gasteiger charge is -2.26. The van der Waals surface area contributed by atoms with Crippen LogP contribution in [0.25, 0.3) is 39.0 Å². The van der Waals surface area contributed by atoms with Crippen molar-refractivity contribution >= 4 is 16.7 Å². The molecule has 0 saturated heterocycles. The minimum atomic E-state index is 0.0441. The summed E-state index contributed by atoms with van der Waals surface area (Å²) in [5.41, 5.74) is 28.1. The van der Waals surface area contributed by atoms with Gasteiger partial charge >= 0.3 is 0 Å². The average molecular weight is 813 g/mol. The van der Waals surface area contributed by atoms with Gasteiger partial charge < -0.3 is 0 Å². The summed E-state index contributed by atoms with van der Waals surface area (Å²) in [5.74, 6) is 0.837. The first-order valence-electron chi connectivity index (χ1n) is 23.1. The molecule has 0 unspecified atom stereocenters. The van der Waals surface area contributed by atoms with Crippen molar-refractivity contribution in [2.75, 3.05) is 0 Å². The first-order valence-corrected chi connectivity index (χ1v) is 23.1. The molecule has 0 heterocycles. The number of benzene rings is 5. The Morgan fingerprint density at radius 2 is 1.18 bits per heavy atom. The van der Waals surface area contributed by atoms with Gasteiger partial charge in [0.25, 0.3) is 0 Å². The molecular weight excluding hydrogens is 745 g/mol. The molecule has 0 heteroatoms. The lowest BCUT2D eigenvalue weighted by molar-refractivity contribution is 0.654. The fourth-order valence-corrected chi connectivity index (χ4v) is 10.1. The molecule has 0 atom stereocenters. The molecule has 9 rings (SSSR count). The van der Waals surface area contributed by atoms with E-state index < -0.39 is 0 Å². The van der Waals surface area contributed by atoms with E-state index in [1.807, 2.05) is 24.3 Å². The standard InChI is InChI=1S/C28H28.C27H32.C7H8/c1-19-9-5-7-11-25(19)27-17-23(15-13-21(27)3)24-16-14-22(4)28(18-24)26-12-8-6-10-20(26)2;1-7-11-22-24-16-23(21-13-10-9-12-20(21)19-14-15-19)17(3)18(4)26(24)27(5,6)25(22)8-2;1-7-5-3-2-4-6-7/h5,7-9,11-18H,6,10H2,1-4H3;7-8,10-11,13,16,19H,1,9,12,14-15H2,2-6H3;2-6H,1H3/b;22-11-,25-8+;. The highest BCUT2D eigenvalue weighted by atomic mass is 14.4. The van der Waals surface area contributed by atoms with Gasteiger partial charge in [0.1, 0.15) is 0 Å². The van der Waals surface area contributed by atoms with Crippen molar-refractivity contribution in [2.45, 2.75) is 113 Å². The summed E-state index contributed by atoms with van der Waals surface area (Å²) in [7, 11) is 0. The lowest BCUT2D eigenvalue weighted by atomic mass is 9.77. The maximum absolute atomic E-state index is 3.99. The molecule has 4 aliphatic carbocycles. The fraction of sp³-hybridized carbons (Fsp3) is 0.290. The molecule has 316 valence electrons. The Hall–Kier alpha value is -5.72. The molecular formula is C62H68. The van der Waals surface area contributed by atoms with Gasteiger partial charge in [-0.1, -0.05) is 159 Å². The van der Waals surface area contributed by atoms with Gasteiger partial charge in [-0.05, 0) is 213 Å². The van der Waals surface area contributed by atoms with E-state index in [9.17, 15) is 0 Å². The van der Waals surface area contributed by atoms with Crippen molar-refractivity contribution in [2.24, 2.45) is 5.92 Å². The molecule has 0 radical (unpaired) electrons. The van der Waals surface area contributed by atoms with Gasteiger partial charge in [-0.2, -0.15) is 0 Å². The van der Waals surface area contributed by atoms with Gasteiger partial charge in [0.2, 0.25) is 0 Å². The SMILES string of the molecule is C=C/C=C1\C(=C/C)C(C)(C)c2c1cc(C1=C(C3CC3)CCC=C1)c(C)c2C.CC1=C(c2cc(-c3ccc(C)c(-c4ccccc4C)c3)ccc2C)C=CCC1.Cc1ccccc1. The van der Waals surface area contributed by atoms with Gasteiger partial charge in [0.05, 0.1) is 0 Å². The smallest absolute Gasteiger partial charge is 0.0158 e. The Balaban J connectivity index is 0.000000161. The van der Waals surface area contributed by atoms with E-state index in [1.54, 1.807) is 5.57 Å². The van der Waals surface area contributed by atoms with Crippen LogP contribution in [0.3, 0.4) is 0 Å². The summed E-state index contributed by atoms with van der Waals surface area (Å²) in [6.45, 7) is 26.5. The molecule has 1 fully saturated rings. The molecule has 1 saturated carbocycles. The Morgan fingerprint density at radius 1 is 0.581 bits per heavy atom. The number of allylic oxidation sites excluding steroid dienone is 13. The second-order valence-electron chi connectivity index (χ2n) is 18.6. The number of hydrogen-bond acceptors (Lipinski definition) is 0. The van der Waals surface area contributed by atoms with E-state index in [0.29, 0.717) is 0 Å². The number of fused-ring (bicyclic) bond motifs is 1. The maximum atomic E-state index is 3.99. The van der Waals surface area contributed by atoms with Crippen molar-refractivity contribution < 1.29 is 0 Å². The summed E-state index contributed by atoms with van der Waals surface area (Å²) in [6.07, 6.45) is 23.3. The third-order valence-corrected chi connectivity index (χ3v) is 13.8. The third kappa shape index (κ3) is 9.22. The number of hydrogen-bond donors (Lipinski definition) is 0. The van der Waals surface area contributed by atoms with Gasteiger partial charge in [0.15, 0.2) is 0 Å². The van der Waals surface area contributed by atoms with E-state index in [0.717, 1.165) is 18.8 Å². The molecule has 0 N–H and O–H groups in total. The third-order valence-electron chi connectivity index (χ3n) is 13.8. The van der Waals surface area contributed by atoms with E-state index in [4.69, 9.17) is 0 Å². The van der Waals surface area contributed by atoms with Crippen molar-refractivity contribution in [3.63, 3.8) is 0 Å². The van der Waals surface area contributed by atoms with Crippen molar-refractivity contribution in [3.05, 3.63) is 219 Å². The molecule has 4 aliphatic rings. The molecule has 5 aromatic carbocycles. The maximum Gasteiger partial charge on any atom is 0.0158 e. The van der Waals surface area contributed by atoms with E-state index >= 15 is 0 Å². The molecule has 5 aromatic rings. The lowest BCUT2D eigenvalue weighted by Crippen LogP contribution is -2.17. The Morgan fingerprint density at radius 3 is 1.77 bits per heavy atom. The van der Waals surface area contributed by atoms with Gasteiger partial charge in [-0.15, -0.1) is 0 Å². The predicted molar refractivity (Wildman–Crippen MR) is 273 cm³/mol. The summed E-state index contributed by atoms with van der Waals surface area (Å²) in [5, 5.41) is 0.